The minimum absolute atomic E-state index is 0.137. The van der Waals surface area contributed by atoms with Crippen molar-refractivity contribution in [1.82, 2.24) is 20.3 Å². The number of carbonyl (C=O) groups is 3. The maximum absolute atomic E-state index is 12.2. The normalized spacial score (nSPS) is 15.2. The van der Waals surface area contributed by atoms with E-state index < -0.39 is 11.9 Å². The first-order valence-corrected chi connectivity index (χ1v) is 7.91. The van der Waals surface area contributed by atoms with E-state index in [1.165, 1.54) is 0 Å². The van der Waals surface area contributed by atoms with Gasteiger partial charge in [-0.25, -0.2) is 4.79 Å². The van der Waals surface area contributed by atoms with Crippen molar-refractivity contribution >= 4 is 17.8 Å². The van der Waals surface area contributed by atoms with Crippen LogP contribution >= 0.6 is 0 Å². The Bertz CT molecular complexity index is 592. The van der Waals surface area contributed by atoms with Crippen molar-refractivity contribution in [2.75, 3.05) is 45.9 Å². The molecule has 0 radical (unpaired) electrons. The fraction of sp³-hybridized carbons (Fsp3) is 0.600. The molecule has 1 N–H and O–H groups in total. The summed E-state index contributed by atoms with van der Waals surface area (Å²) in [5.41, 5.74) is 0.322. The molecule has 0 saturated carbocycles. The van der Waals surface area contributed by atoms with Crippen molar-refractivity contribution in [3.8, 4) is 0 Å². The number of nitrogens with zero attached hydrogens (tertiary/aromatic N) is 3. The van der Waals surface area contributed by atoms with Gasteiger partial charge in [0.15, 0.2) is 5.69 Å². The topological polar surface area (TPSA) is 105 Å². The quantitative estimate of drug-likeness (QED) is 0.566. The highest BCUT2D eigenvalue weighted by Gasteiger charge is 2.24. The molecule has 0 bridgehead atoms. The Morgan fingerprint density at radius 2 is 2.00 bits per heavy atom. The van der Waals surface area contributed by atoms with E-state index >= 15 is 0 Å². The van der Waals surface area contributed by atoms with E-state index in [9.17, 15) is 14.4 Å². The standard InChI is InChI=1S/C15H22N4O5/c1-3-23-15(22)13(20)16-4-5-18-6-8-19(9-7-18)14(21)12-10-11(2)24-17-12/h10H,3-9H2,1-2H3,(H,16,20). The molecule has 1 aromatic heterocycles. The maximum Gasteiger partial charge on any atom is 0.396 e. The largest absolute Gasteiger partial charge is 0.459 e. The van der Waals surface area contributed by atoms with Crippen molar-refractivity contribution in [3.05, 3.63) is 17.5 Å². The molecule has 0 atom stereocenters. The van der Waals surface area contributed by atoms with Gasteiger partial charge in [0, 0.05) is 45.3 Å². The third-order valence-corrected chi connectivity index (χ3v) is 3.68. The van der Waals surface area contributed by atoms with Crippen molar-refractivity contribution in [2.24, 2.45) is 0 Å². The molecule has 0 spiro atoms. The molecule has 1 fully saturated rings. The first-order chi connectivity index (χ1) is 11.5. The highest BCUT2D eigenvalue weighted by molar-refractivity contribution is 6.32. The molecular formula is C15H22N4O5. The number of aromatic nitrogens is 1. The first kappa shape index (κ1) is 17.9. The molecule has 132 valence electrons. The van der Waals surface area contributed by atoms with Gasteiger partial charge in [0.05, 0.1) is 6.61 Å². The van der Waals surface area contributed by atoms with Crippen LogP contribution in [-0.4, -0.2) is 78.6 Å². The molecule has 9 heteroatoms. The van der Waals surface area contributed by atoms with E-state index in [-0.39, 0.29) is 12.5 Å². The van der Waals surface area contributed by atoms with Crippen LogP contribution in [0.2, 0.25) is 0 Å². The van der Waals surface area contributed by atoms with Crippen LogP contribution in [0.15, 0.2) is 10.6 Å². The number of aryl methyl sites for hydroxylation is 1. The van der Waals surface area contributed by atoms with Gasteiger partial charge in [-0.05, 0) is 13.8 Å². The molecule has 2 rings (SSSR count). The lowest BCUT2D eigenvalue weighted by atomic mass is 10.2. The van der Waals surface area contributed by atoms with Crippen molar-refractivity contribution in [2.45, 2.75) is 13.8 Å². The van der Waals surface area contributed by atoms with Crippen molar-refractivity contribution in [3.63, 3.8) is 0 Å². The molecule has 24 heavy (non-hydrogen) atoms. The molecule has 0 aromatic carbocycles. The molecule has 1 aliphatic heterocycles. The summed E-state index contributed by atoms with van der Waals surface area (Å²) in [4.78, 5) is 38.7. The van der Waals surface area contributed by atoms with Crippen LogP contribution < -0.4 is 5.32 Å². The van der Waals surface area contributed by atoms with Crippen LogP contribution in [0.3, 0.4) is 0 Å². The van der Waals surface area contributed by atoms with Crippen LogP contribution in [0.25, 0.3) is 0 Å². The molecule has 1 aromatic rings. The molecular weight excluding hydrogens is 316 g/mol. The number of carbonyl (C=O) groups excluding carboxylic acids is 3. The highest BCUT2D eigenvalue weighted by Crippen LogP contribution is 2.09. The number of piperazine rings is 1. The lowest BCUT2D eigenvalue weighted by molar-refractivity contribution is -0.154. The molecule has 9 nitrogen and oxygen atoms in total. The van der Waals surface area contributed by atoms with Crippen molar-refractivity contribution in [1.29, 1.82) is 0 Å². The fourth-order valence-corrected chi connectivity index (χ4v) is 2.40. The van der Waals surface area contributed by atoms with E-state index in [1.54, 1.807) is 24.8 Å². The fourth-order valence-electron chi connectivity index (χ4n) is 2.40. The summed E-state index contributed by atoms with van der Waals surface area (Å²) in [6, 6.07) is 1.62. The average molecular weight is 338 g/mol. The van der Waals surface area contributed by atoms with Crippen LogP contribution in [0.5, 0.6) is 0 Å². The summed E-state index contributed by atoms with van der Waals surface area (Å²) in [6.45, 7) is 7.07. The van der Waals surface area contributed by atoms with Gasteiger partial charge in [0.2, 0.25) is 0 Å². The zero-order valence-corrected chi connectivity index (χ0v) is 13.9. The summed E-state index contributed by atoms with van der Waals surface area (Å²) in [6.07, 6.45) is 0. The van der Waals surface area contributed by atoms with Gasteiger partial charge in [0.25, 0.3) is 5.91 Å². The third kappa shape index (κ3) is 4.79. The SMILES string of the molecule is CCOC(=O)C(=O)NCCN1CCN(C(=O)c2cc(C)on2)CC1. The Morgan fingerprint density at radius 1 is 1.29 bits per heavy atom. The Hall–Kier alpha value is -2.42. The Labute approximate surface area is 139 Å². The van der Waals surface area contributed by atoms with Crippen molar-refractivity contribution < 1.29 is 23.6 Å². The molecule has 1 aliphatic rings. The minimum Gasteiger partial charge on any atom is -0.459 e. The third-order valence-electron chi connectivity index (χ3n) is 3.68. The van der Waals surface area contributed by atoms with E-state index in [4.69, 9.17) is 4.52 Å². The second-order valence-electron chi connectivity index (χ2n) is 5.43. The number of hydrogen-bond acceptors (Lipinski definition) is 7. The number of ether oxygens (including phenoxy) is 1. The number of rotatable bonds is 5. The molecule has 0 unspecified atom stereocenters. The van der Waals surface area contributed by atoms with E-state index in [0.717, 1.165) is 0 Å². The molecule has 1 saturated heterocycles. The number of nitrogens with one attached hydrogen (secondary N) is 1. The summed E-state index contributed by atoms with van der Waals surface area (Å²) in [5, 5.41) is 6.26. The lowest BCUT2D eigenvalue weighted by Gasteiger charge is -2.34. The zero-order chi connectivity index (χ0) is 17.5. The minimum atomic E-state index is -0.865. The van der Waals surface area contributed by atoms with Crippen LogP contribution in [0.4, 0.5) is 0 Å². The highest BCUT2D eigenvalue weighted by atomic mass is 16.5. The smallest absolute Gasteiger partial charge is 0.396 e. The maximum atomic E-state index is 12.2. The van der Waals surface area contributed by atoms with Crippen LogP contribution in [0, 0.1) is 6.92 Å². The zero-order valence-electron chi connectivity index (χ0n) is 13.9. The van der Waals surface area contributed by atoms with Gasteiger partial charge >= 0.3 is 11.9 Å². The van der Waals surface area contributed by atoms with E-state index in [2.05, 4.69) is 20.1 Å². The van der Waals surface area contributed by atoms with Gasteiger partial charge in [-0.3, -0.25) is 14.5 Å². The van der Waals surface area contributed by atoms with Gasteiger partial charge < -0.3 is 19.5 Å². The van der Waals surface area contributed by atoms with Gasteiger partial charge in [-0.2, -0.15) is 0 Å². The van der Waals surface area contributed by atoms with E-state index in [1.807, 2.05) is 0 Å². The van der Waals surface area contributed by atoms with E-state index in [0.29, 0.717) is 50.7 Å². The van der Waals surface area contributed by atoms with Crippen LogP contribution in [-0.2, 0) is 14.3 Å². The van der Waals surface area contributed by atoms with Crippen LogP contribution in [0.1, 0.15) is 23.2 Å². The van der Waals surface area contributed by atoms with Gasteiger partial charge in [-0.1, -0.05) is 5.16 Å². The summed E-state index contributed by atoms with van der Waals surface area (Å²) >= 11 is 0. The predicted octanol–water partition coefficient (Wildman–Crippen LogP) is -0.580. The van der Waals surface area contributed by atoms with Gasteiger partial charge in [0.1, 0.15) is 5.76 Å². The molecule has 2 amide bonds. The number of amides is 2. The monoisotopic (exact) mass is 338 g/mol. The summed E-state index contributed by atoms with van der Waals surface area (Å²) < 4.78 is 9.53. The molecule has 0 aliphatic carbocycles. The summed E-state index contributed by atoms with van der Waals surface area (Å²) in [7, 11) is 0. The second kappa shape index (κ2) is 8.44. The number of esters is 1. The second-order valence-corrected chi connectivity index (χ2v) is 5.43. The van der Waals surface area contributed by atoms with Gasteiger partial charge in [-0.15, -0.1) is 0 Å². The Kier molecular flexibility index (Phi) is 6.30. The predicted molar refractivity (Wildman–Crippen MR) is 83.2 cm³/mol. The Balaban J connectivity index is 1.68. The molecule has 2 heterocycles. The average Bonchev–Trinajstić information content (AvgIpc) is 3.01. The first-order valence-electron chi connectivity index (χ1n) is 7.91. The Morgan fingerprint density at radius 3 is 2.58 bits per heavy atom. The summed E-state index contributed by atoms with van der Waals surface area (Å²) in [5.74, 6) is -1.13. The number of hydrogen-bond donors (Lipinski definition) is 1. The lowest BCUT2D eigenvalue weighted by Crippen LogP contribution is -2.50.